The van der Waals surface area contributed by atoms with Gasteiger partial charge < -0.3 is 20.4 Å². The lowest BCUT2D eigenvalue weighted by Gasteiger charge is -2.37. The molecular formula is C15H28O4. The van der Waals surface area contributed by atoms with Gasteiger partial charge in [-0.05, 0) is 70.6 Å². The lowest BCUT2D eigenvalue weighted by atomic mass is 9.74. The van der Waals surface area contributed by atoms with Crippen LogP contribution in [0.25, 0.3) is 0 Å². The fourth-order valence-electron chi connectivity index (χ4n) is 4.20. The summed E-state index contributed by atoms with van der Waals surface area (Å²) in [6.07, 6.45) is 3.50. The van der Waals surface area contributed by atoms with E-state index in [-0.39, 0.29) is 24.4 Å². The molecule has 2 rings (SSSR count). The Hall–Kier alpha value is -0.160. The van der Waals surface area contributed by atoms with Crippen molar-refractivity contribution in [3.05, 3.63) is 0 Å². The highest BCUT2D eigenvalue weighted by molar-refractivity contribution is 5.05. The Kier molecular flexibility index (Phi) is 3.76. The molecule has 2 aliphatic carbocycles. The summed E-state index contributed by atoms with van der Waals surface area (Å²) in [4.78, 5) is 0. The maximum Gasteiger partial charge on any atom is 0.0877 e. The van der Waals surface area contributed by atoms with Crippen molar-refractivity contribution in [3.63, 3.8) is 0 Å². The van der Waals surface area contributed by atoms with E-state index in [1.54, 1.807) is 6.92 Å². The zero-order valence-electron chi connectivity index (χ0n) is 12.3. The summed E-state index contributed by atoms with van der Waals surface area (Å²) in [6.45, 7) is 5.06. The minimum atomic E-state index is -1.14. The Labute approximate surface area is 115 Å². The van der Waals surface area contributed by atoms with Crippen molar-refractivity contribution in [2.24, 2.45) is 17.8 Å². The zero-order chi connectivity index (χ0) is 14.5. The molecule has 0 saturated heterocycles. The van der Waals surface area contributed by atoms with Crippen LogP contribution < -0.4 is 0 Å². The second-order valence-electron chi connectivity index (χ2n) is 7.45. The lowest BCUT2D eigenvalue weighted by molar-refractivity contribution is -0.0736. The molecule has 0 aromatic heterocycles. The molecule has 0 aromatic carbocycles. The fourth-order valence-corrected chi connectivity index (χ4v) is 4.20. The minimum absolute atomic E-state index is 0.00646. The predicted octanol–water partition coefficient (Wildman–Crippen LogP) is 1.06. The summed E-state index contributed by atoms with van der Waals surface area (Å²) in [5.74, 6) is -0.00133. The van der Waals surface area contributed by atoms with Gasteiger partial charge in [-0.15, -0.1) is 0 Å². The van der Waals surface area contributed by atoms with E-state index in [2.05, 4.69) is 0 Å². The van der Waals surface area contributed by atoms with Gasteiger partial charge >= 0.3 is 0 Å². The van der Waals surface area contributed by atoms with Crippen molar-refractivity contribution in [2.45, 2.75) is 69.7 Å². The van der Waals surface area contributed by atoms with Crippen LogP contribution in [0.1, 0.15) is 52.9 Å². The first-order chi connectivity index (χ1) is 8.60. The van der Waals surface area contributed by atoms with Crippen LogP contribution in [-0.2, 0) is 0 Å². The number of aliphatic hydroxyl groups excluding tert-OH is 1. The van der Waals surface area contributed by atoms with Crippen molar-refractivity contribution in [1.29, 1.82) is 0 Å². The third kappa shape index (κ3) is 2.68. The molecule has 112 valence electrons. The van der Waals surface area contributed by atoms with Crippen molar-refractivity contribution >= 4 is 0 Å². The van der Waals surface area contributed by atoms with Crippen LogP contribution in [0.2, 0.25) is 0 Å². The second-order valence-corrected chi connectivity index (χ2v) is 7.45. The standard InChI is InChI=1S/C15H28O4/c1-13(17)6-4-10(15(3,19)9-16)8-12-11(13)5-7-14(12,2)18/h10-12,16-19H,4-9H2,1-3H3/t10-,11-,12-,13+,14+,15+/m0/s1. The van der Waals surface area contributed by atoms with E-state index in [0.29, 0.717) is 25.7 Å². The maximum atomic E-state index is 10.7. The van der Waals surface area contributed by atoms with Crippen molar-refractivity contribution in [3.8, 4) is 0 Å². The van der Waals surface area contributed by atoms with Crippen molar-refractivity contribution in [2.75, 3.05) is 6.61 Å². The predicted molar refractivity (Wildman–Crippen MR) is 72.5 cm³/mol. The van der Waals surface area contributed by atoms with Crippen LogP contribution in [0.5, 0.6) is 0 Å². The molecule has 2 aliphatic rings. The van der Waals surface area contributed by atoms with Gasteiger partial charge in [-0.2, -0.15) is 0 Å². The Bertz CT molecular complexity index is 335. The van der Waals surface area contributed by atoms with Crippen LogP contribution >= 0.6 is 0 Å². The van der Waals surface area contributed by atoms with Gasteiger partial charge in [0.15, 0.2) is 0 Å². The number of aliphatic hydroxyl groups is 4. The molecule has 0 amide bonds. The summed E-state index contributed by atoms with van der Waals surface area (Å²) in [7, 11) is 0. The fraction of sp³-hybridized carbons (Fsp3) is 1.00. The quantitative estimate of drug-likeness (QED) is 0.606. The molecule has 0 unspecified atom stereocenters. The van der Waals surface area contributed by atoms with Gasteiger partial charge in [0.1, 0.15) is 0 Å². The molecule has 4 nitrogen and oxygen atoms in total. The van der Waals surface area contributed by atoms with Crippen LogP contribution in [0.15, 0.2) is 0 Å². The summed E-state index contributed by atoms with van der Waals surface area (Å²) >= 11 is 0. The normalized spacial score (nSPS) is 50.4. The monoisotopic (exact) mass is 272 g/mol. The number of rotatable bonds is 2. The third-order valence-corrected chi connectivity index (χ3v) is 5.78. The van der Waals surface area contributed by atoms with Crippen LogP contribution in [0, 0.1) is 17.8 Å². The molecule has 0 aromatic rings. The van der Waals surface area contributed by atoms with Gasteiger partial charge in [0.05, 0.1) is 23.4 Å². The highest BCUT2D eigenvalue weighted by Crippen LogP contribution is 2.53. The molecular weight excluding hydrogens is 244 g/mol. The SMILES string of the molecule is C[C@@](O)(CO)[C@H]1CC[C@@](C)(O)[C@H]2CC[C@@](C)(O)[C@H]2C1. The molecule has 0 bridgehead atoms. The molecule has 4 heteroatoms. The average Bonchev–Trinajstić information content (AvgIpc) is 2.51. The van der Waals surface area contributed by atoms with Gasteiger partial charge in [-0.25, -0.2) is 0 Å². The largest absolute Gasteiger partial charge is 0.393 e. The molecule has 2 fully saturated rings. The van der Waals surface area contributed by atoms with E-state index in [1.165, 1.54) is 0 Å². The molecule has 0 aliphatic heterocycles. The van der Waals surface area contributed by atoms with E-state index in [4.69, 9.17) is 0 Å². The van der Waals surface area contributed by atoms with Gasteiger partial charge in [0.25, 0.3) is 0 Å². The van der Waals surface area contributed by atoms with Gasteiger partial charge in [-0.1, -0.05) is 0 Å². The van der Waals surface area contributed by atoms with E-state index in [9.17, 15) is 20.4 Å². The third-order valence-electron chi connectivity index (χ3n) is 5.78. The van der Waals surface area contributed by atoms with E-state index in [1.807, 2.05) is 13.8 Å². The van der Waals surface area contributed by atoms with Gasteiger partial charge in [0.2, 0.25) is 0 Å². The summed E-state index contributed by atoms with van der Waals surface area (Å²) < 4.78 is 0. The summed E-state index contributed by atoms with van der Waals surface area (Å²) in [5, 5.41) is 40.9. The zero-order valence-corrected chi connectivity index (χ0v) is 12.3. The minimum Gasteiger partial charge on any atom is -0.393 e. The van der Waals surface area contributed by atoms with E-state index < -0.39 is 16.8 Å². The van der Waals surface area contributed by atoms with Crippen LogP contribution in [0.4, 0.5) is 0 Å². The first kappa shape index (κ1) is 15.2. The van der Waals surface area contributed by atoms with Crippen molar-refractivity contribution in [1.82, 2.24) is 0 Å². The Morgan fingerprint density at radius 1 is 1.05 bits per heavy atom. The van der Waals surface area contributed by atoms with Crippen molar-refractivity contribution < 1.29 is 20.4 Å². The molecule has 0 spiro atoms. The molecule has 0 radical (unpaired) electrons. The topological polar surface area (TPSA) is 80.9 Å². The summed E-state index contributed by atoms with van der Waals surface area (Å²) in [5.41, 5.74) is -2.70. The lowest BCUT2D eigenvalue weighted by Crippen LogP contribution is -2.43. The smallest absolute Gasteiger partial charge is 0.0877 e. The molecule has 0 heterocycles. The number of hydrogen-bond acceptors (Lipinski definition) is 4. The van der Waals surface area contributed by atoms with Crippen LogP contribution in [0.3, 0.4) is 0 Å². The Balaban J connectivity index is 2.28. The highest BCUT2D eigenvalue weighted by Gasteiger charge is 2.54. The maximum absolute atomic E-state index is 10.7. The number of hydrogen-bond donors (Lipinski definition) is 4. The van der Waals surface area contributed by atoms with E-state index >= 15 is 0 Å². The molecule has 4 N–H and O–H groups in total. The van der Waals surface area contributed by atoms with Gasteiger partial charge in [0, 0.05) is 0 Å². The Morgan fingerprint density at radius 2 is 1.58 bits per heavy atom. The first-order valence-corrected chi connectivity index (χ1v) is 7.38. The van der Waals surface area contributed by atoms with Crippen LogP contribution in [-0.4, -0.2) is 43.8 Å². The molecule has 2 saturated carbocycles. The highest BCUT2D eigenvalue weighted by atomic mass is 16.3. The average molecular weight is 272 g/mol. The first-order valence-electron chi connectivity index (χ1n) is 7.38. The second kappa shape index (κ2) is 4.69. The summed E-state index contributed by atoms with van der Waals surface area (Å²) in [6, 6.07) is 0. The van der Waals surface area contributed by atoms with Gasteiger partial charge in [-0.3, -0.25) is 0 Å². The number of fused-ring (bicyclic) bond motifs is 1. The molecule has 19 heavy (non-hydrogen) atoms. The van der Waals surface area contributed by atoms with E-state index in [0.717, 1.165) is 6.42 Å². The molecule has 6 atom stereocenters. The Morgan fingerprint density at radius 3 is 2.16 bits per heavy atom.